The quantitative estimate of drug-likeness (QED) is 0.679. The first-order valence-corrected chi connectivity index (χ1v) is 6.71. The van der Waals surface area contributed by atoms with Crippen LogP contribution in [0, 0.1) is 5.92 Å². The summed E-state index contributed by atoms with van der Waals surface area (Å²) >= 11 is 0. The highest BCUT2D eigenvalue weighted by Gasteiger charge is 2.14. The molecule has 4 heteroatoms. The van der Waals surface area contributed by atoms with Crippen molar-refractivity contribution in [2.24, 2.45) is 5.92 Å². The predicted octanol–water partition coefficient (Wildman–Crippen LogP) is 0.364. The van der Waals surface area contributed by atoms with Crippen LogP contribution in [0.4, 0.5) is 0 Å². The molecule has 0 bridgehead atoms. The lowest BCUT2D eigenvalue weighted by Crippen LogP contribution is -2.46. The average molecular weight is 237 g/mol. The third-order valence-electron chi connectivity index (χ3n) is 3.52. The highest BCUT2D eigenvalue weighted by atomic mass is 16.1. The van der Waals surface area contributed by atoms with E-state index in [1.54, 1.807) is 0 Å². The Morgan fingerprint density at radius 3 is 2.94 bits per heavy atom. The van der Waals surface area contributed by atoms with Crippen LogP contribution < -0.4 is 10.6 Å². The van der Waals surface area contributed by atoms with Crippen LogP contribution in [0.2, 0.25) is 0 Å². The lowest BCUT2D eigenvalue weighted by molar-refractivity contribution is -0.121. The predicted molar refractivity (Wildman–Crippen MR) is 68.8 cm³/mol. The number of carbonyl (C=O) groups excluding carboxylic acids is 1. The number of carbonyl (C=O) groups is 1. The van der Waals surface area contributed by atoms with Crippen LogP contribution in [-0.2, 0) is 4.79 Å². The van der Waals surface area contributed by atoms with Crippen LogP contribution >= 0.6 is 0 Å². The summed E-state index contributed by atoms with van der Waals surface area (Å²) in [6, 6.07) is 0. The van der Waals surface area contributed by atoms with Crippen molar-refractivity contribution in [3.63, 3.8) is 0 Å². The van der Waals surface area contributed by atoms with E-state index in [-0.39, 0.29) is 5.91 Å². The van der Waals surface area contributed by atoms with E-state index in [4.69, 9.17) is 0 Å². The van der Waals surface area contributed by atoms with E-state index in [0.29, 0.717) is 12.3 Å². The van der Waals surface area contributed by atoms with Gasteiger partial charge in [0.25, 0.3) is 0 Å². The second-order valence-electron chi connectivity index (χ2n) is 4.91. The Kier molecular flexibility index (Phi) is 5.01. The number of rotatable bonds is 5. The lowest BCUT2D eigenvalue weighted by Gasteiger charge is -2.27. The molecular weight excluding hydrogens is 214 g/mol. The normalized spacial score (nSPS) is 25.1. The van der Waals surface area contributed by atoms with Crippen molar-refractivity contribution in [2.45, 2.75) is 19.3 Å². The standard InChI is InChI=1S/C13H23N3O/c17-13(11-12-3-1-2-4-12)15-7-10-16-8-5-14-6-9-16/h1,3,12,14H,2,4-11H2,(H,15,17). The van der Waals surface area contributed by atoms with Crippen molar-refractivity contribution in [1.29, 1.82) is 0 Å². The van der Waals surface area contributed by atoms with Gasteiger partial charge in [0, 0.05) is 45.7 Å². The van der Waals surface area contributed by atoms with E-state index in [2.05, 4.69) is 27.7 Å². The molecule has 1 saturated heterocycles. The van der Waals surface area contributed by atoms with Gasteiger partial charge in [-0.25, -0.2) is 0 Å². The molecule has 2 aliphatic rings. The summed E-state index contributed by atoms with van der Waals surface area (Å²) in [4.78, 5) is 14.1. The maximum Gasteiger partial charge on any atom is 0.220 e. The molecule has 96 valence electrons. The molecule has 1 aliphatic carbocycles. The first kappa shape index (κ1) is 12.6. The third kappa shape index (κ3) is 4.48. The molecule has 2 N–H and O–H groups in total. The summed E-state index contributed by atoms with van der Waals surface area (Å²) in [5.74, 6) is 0.686. The van der Waals surface area contributed by atoms with Crippen LogP contribution in [0.15, 0.2) is 12.2 Å². The maximum absolute atomic E-state index is 11.7. The molecule has 4 nitrogen and oxygen atoms in total. The summed E-state index contributed by atoms with van der Waals surface area (Å²) in [5, 5.41) is 6.35. The van der Waals surface area contributed by atoms with Crippen molar-refractivity contribution in [3.8, 4) is 0 Å². The Labute approximate surface area is 103 Å². The van der Waals surface area contributed by atoms with Crippen LogP contribution in [0.5, 0.6) is 0 Å². The summed E-state index contributed by atoms with van der Waals surface area (Å²) in [7, 11) is 0. The molecule has 0 spiro atoms. The minimum Gasteiger partial charge on any atom is -0.355 e. The van der Waals surface area contributed by atoms with Crippen LogP contribution in [0.3, 0.4) is 0 Å². The van der Waals surface area contributed by atoms with E-state index in [9.17, 15) is 4.79 Å². The Balaban J connectivity index is 1.54. The largest absolute Gasteiger partial charge is 0.355 e. The molecule has 17 heavy (non-hydrogen) atoms. The molecule has 1 aliphatic heterocycles. The van der Waals surface area contributed by atoms with Gasteiger partial charge in [0.05, 0.1) is 0 Å². The number of allylic oxidation sites excluding steroid dienone is 2. The number of hydrogen-bond donors (Lipinski definition) is 2. The molecule has 1 unspecified atom stereocenters. The van der Waals surface area contributed by atoms with Gasteiger partial charge in [0.15, 0.2) is 0 Å². The molecule has 0 aromatic carbocycles. The number of piperazine rings is 1. The van der Waals surface area contributed by atoms with E-state index >= 15 is 0 Å². The van der Waals surface area contributed by atoms with E-state index in [1.165, 1.54) is 0 Å². The monoisotopic (exact) mass is 237 g/mol. The topological polar surface area (TPSA) is 44.4 Å². The van der Waals surface area contributed by atoms with Crippen molar-refractivity contribution >= 4 is 5.91 Å². The van der Waals surface area contributed by atoms with E-state index < -0.39 is 0 Å². The van der Waals surface area contributed by atoms with Gasteiger partial charge in [-0.15, -0.1) is 0 Å². The maximum atomic E-state index is 11.7. The summed E-state index contributed by atoms with van der Waals surface area (Å²) in [6.07, 6.45) is 7.30. The number of amides is 1. The molecule has 1 atom stereocenters. The second kappa shape index (κ2) is 6.77. The van der Waals surface area contributed by atoms with E-state index in [0.717, 1.165) is 52.1 Å². The lowest BCUT2D eigenvalue weighted by atomic mass is 10.1. The molecule has 0 saturated carbocycles. The average Bonchev–Trinajstić information content (AvgIpc) is 2.83. The van der Waals surface area contributed by atoms with Crippen molar-refractivity contribution in [1.82, 2.24) is 15.5 Å². The Bertz CT molecular complexity index is 272. The molecule has 0 aromatic heterocycles. The highest BCUT2D eigenvalue weighted by molar-refractivity contribution is 5.76. The summed E-state index contributed by atoms with van der Waals surface area (Å²) in [5.41, 5.74) is 0. The van der Waals surface area contributed by atoms with Crippen molar-refractivity contribution < 1.29 is 4.79 Å². The van der Waals surface area contributed by atoms with Crippen LogP contribution in [0.1, 0.15) is 19.3 Å². The Morgan fingerprint density at radius 2 is 2.24 bits per heavy atom. The number of nitrogens with zero attached hydrogens (tertiary/aromatic N) is 1. The van der Waals surface area contributed by atoms with Gasteiger partial charge in [-0.2, -0.15) is 0 Å². The van der Waals surface area contributed by atoms with Gasteiger partial charge >= 0.3 is 0 Å². The highest BCUT2D eigenvalue weighted by Crippen LogP contribution is 2.19. The molecule has 0 aromatic rings. The zero-order chi connectivity index (χ0) is 11.9. The Hall–Kier alpha value is -0.870. The minimum atomic E-state index is 0.205. The second-order valence-corrected chi connectivity index (χ2v) is 4.91. The first-order valence-electron chi connectivity index (χ1n) is 6.71. The Morgan fingerprint density at radius 1 is 1.41 bits per heavy atom. The zero-order valence-corrected chi connectivity index (χ0v) is 10.5. The molecule has 1 fully saturated rings. The van der Waals surface area contributed by atoms with Gasteiger partial charge in [-0.1, -0.05) is 12.2 Å². The van der Waals surface area contributed by atoms with E-state index in [1.807, 2.05) is 0 Å². The van der Waals surface area contributed by atoms with Crippen LogP contribution in [-0.4, -0.2) is 50.1 Å². The fourth-order valence-corrected chi connectivity index (χ4v) is 2.46. The molecule has 1 heterocycles. The van der Waals surface area contributed by atoms with Crippen molar-refractivity contribution in [3.05, 3.63) is 12.2 Å². The molecule has 1 amide bonds. The van der Waals surface area contributed by atoms with Crippen molar-refractivity contribution in [2.75, 3.05) is 39.3 Å². The first-order chi connectivity index (χ1) is 8.34. The SMILES string of the molecule is O=C(CC1C=CCC1)NCCN1CCNCC1. The van der Waals surface area contributed by atoms with Crippen LogP contribution in [0.25, 0.3) is 0 Å². The minimum absolute atomic E-state index is 0.205. The zero-order valence-electron chi connectivity index (χ0n) is 10.5. The summed E-state index contributed by atoms with van der Waals surface area (Å²) < 4.78 is 0. The van der Waals surface area contributed by atoms with Gasteiger partial charge < -0.3 is 10.6 Å². The molecular formula is C13H23N3O. The fourth-order valence-electron chi connectivity index (χ4n) is 2.46. The molecule has 0 radical (unpaired) electrons. The number of nitrogens with one attached hydrogen (secondary N) is 2. The fraction of sp³-hybridized carbons (Fsp3) is 0.769. The number of hydrogen-bond acceptors (Lipinski definition) is 3. The van der Waals surface area contributed by atoms with Gasteiger partial charge in [0.1, 0.15) is 0 Å². The van der Waals surface area contributed by atoms with Gasteiger partial charge in [-0.3, -0.25) is 9.69 Å². The third-order valence-corrected chi connectivity index (χ3v) is 3.52. The smallest absolute Gasteiger partial charge is 0.220 e. The summed E-state index contributed by atoms with van der Waals surface area (Å²) in [6.45, 7) is 6.10. The van der Waals surface area contributed by atoms with Gasteiger partial charge in [-0.05, 0) is 18.8 Å². The van der Waals surface area contributed by atoms with Gasteiger partial charge in [0.2, 0.25) is 5.91 Å². The molecule has 2 rings (SSSR count).